The molecule has 0 fully saturated rings. The van der Waals surface area contributed by atoms with Crippen molar-refractivity contribution in [2.45, 2.75) is 0 Å². The minimum absolute atomic E-state index is 0.968. The highest BCUT2D eigenvalue weighted by atomic mass is 79.9. The standard InChI is InChI=1S/C17H14BrN3/c18-14-8-10-16(11-9-14)21-12-4-7-17(21)13-19-20-15-5-2-1-3-6-15/h1-13,20H. The van der Waals surface area contributed by atoms with Gasteiger partial charge in [0.15, 0.2) is 0 Å². The first-order chi connectivity index (χ1) is 10.3. The predicted molar refractivity (Wildman–Crippen MR) is 91.1 cm³/mol. The Balaban J connectivity index is 1.78. The van der Waals surface area contributed by atoms with E-state index >= 15 is 0 Å². The Hall–Kier alpha value is -2.33. The first-order valence-electron chi connectivity index (χ1n) is 6.60. The quantitative estimate of drug-likeness (QED) is 0.542. The summed E-state index contributed by atoms with van der Waals surface area (Å²) in [6.45, 7) is 0. The monoisotopic (exact) mass is 339 g/mol. The zero-order valence-corrected chi connectivity index (χ0v) is 12.9. The fourth-order valence-corrected chi connectivity index (χ4v) is 2.29. The van der Waals surface area contributed by atoms with Crippen LogP contribution in [-0.2, 0) is 0 Å². The van der Waals surface area contributed by atoms with Crippen molar-refractivity contribution < 1.29 is 0 Å². The second-order valence-electron chi connectivity index (χ2n) is 4.52. The summed E-state index contributed by atoms with van der Waals surface area (Å²) < 4.78 is 3.15. The lowest BCUT2D eigenvalue weighted by molar-refractivity contribution is 1.06. The zero-order valence-electron chi connectivity index (χ0n) is 11.3. The molecule has 1 aromatic heterocycles. The molecule has 0 aliphatic carbocycles. The van der Waals surface area contributed by atoms with Crippen molar-refractivity contribution in [1.29, 1.82) is 0 Å². The van der Waals surface area contributed by atoms with Gasteiger partial charge in [0.1, 0.15) is 0 Å². The topological polar surface area (TPSA) is 29.3 Å². The van der Waals surface area contributed by atoms with Crippen LogP contribution in [0, 0.1) is 0 Å². The maximum absolute atomic E-state index is 4.28. The van der Waals surface area contributed by atoms with Gasteiger partial charge >= 0.3 is 0 Å². The largest absolute Gasteiger partial charge is 0.316 e. The summed E-state index contributed by atoms with van der Waals surface area (Å²) in [5, 5.41) is 4.28. The van der Waals surface area contributed by atoms with Gasteiger partial charge in [-0.3, -0.25) is 5.43 Å². The smallest absolute Gasteiger partial charge is 0.0712 e. The van der Waals surface area contributed by atoms with Gasteiger partial charge in [-0.1, -0.05) is 34.1 Å². The molecule has 0 atom stereocenters. The fraction of sp³-hybridized carbons (Fsp3) is 0. The van der Waals surface area contributed by atoms with E-state index in [1.54, 1.807) is 0 Å². The Bertz CT molecular complexity index is 730. The minimum Gasteiger partial charge on any atom is -0.316 e. The molecule has 104 valence electrons. The van der Waals surface area contributed by atoms with E-state index < -0.39 is 0 Å². The van der Waals surface area contributed by atoms with Crippen molar-refractivity contribution in [1.82, 2.24) is 4.57 Å². The molecule has 0 radical (unpaired) electrons. The van der Waals surface area contributed by atoms with Gasteiger partial charge in [0, 0.05) is 16.4 Å². The Morgan fingerprint density at radius 1 is 0.905 bits per heavy atom. The molecule has 1 heterocycles. The van der Waals surface area contributed by atoms with Gasteiger partial charge in [0.25, 0.3) is 0 Å². The number of hydrogen-bond acceptors (Lipinski definition) is 2. The molecule has 21 heavy (non-hydrogen) atoms. The average molecular weight is 340 g/mol. The van der Waals surface area contributed by atoms with E-state index in [2.05, 4.69) is 43.2 Å². The molecule has 0 spiro atoms. The Kier molecular flexibility index (Phi) is 4.17. The van der Waals surface area contributed by atoms with E-state index in [1.165, 1.54) is 0 Å². The highest BCUT2D eigenvalue weighted by molar-refractivity contribution is 9.10. The van der Waals surface area contributed by atoms with Crippen molar-refractivity contribution in [2.75, 3.05) is 5.43 Å². The first kappa shape index (κ1) is 13.6. The van der Waals surface area contributed by atoms with Crippen LogP contribution >= 0.6 is 15.9 Å². The molecule has 3 nitrogen and oxygen atoms in total. The average Bonchev–Trinajstić information content (AvgIpc) is 2.98. The highest BCUT2D eigenvalue weighted by Crippen LogP contribution is 2.16. The van der Waals surface area contributed by atoms with Crippen LogP contribution in [0.15, 0.2) is 82.5 Å². The van der Waals surface area contributed by atoms with Gasteiger partial charge in [-0.2, -0.15) is 5.10 Å². The van der Waals surface area contributed by atoms with Crippen molar-refractivity contribution in [3.8, 4) is 5.69 Å². The number of hydrazone groups is 1. The van der Waals surface area contributed by atoms with Gasteiger partial charge < -0.3 is 4.57 Å². The molecule has 0 aliphatic rings. The van der Waals surface area contributed by atoms with Gasteiger partial charge in [-0.25, -0.2) is 0 Å². The van der Waals surface area contributed by atoms with E-state index in [4.69, 9.17) is 0 Å². The van der Waals surface area contributed by atoms with Gasteiger partial charge in [-0.15, -0.1) is 0 Å². The second-order valence-corrected chi connectivity index (χ2v) is 5.43. The molecule has 0 amide bonds. The number of hydrogen-bond donors (Lipinski definition) is 1. The Morgan fingerprint density at radius 3 is 2.43 bits per heavy atom. The molecule has 0 unspecified atom stereocenters. The van der Waals surface area contributed by atoms with Crippen LogP contribution in [0.5, 0.6) is 0 Å². The SMILES string of the molecule is Brc1ccc(-n2cccc2C=NNc2ccccc2)cc1. The lowest BCUT2D eigenvalue weighted by atomic mass is 10.3. The maximum Gasteiger partial charge on any atom is 0.0712 e. The normalized spacial score (nSPS) is 10.9. The fourth-order valence-electron chi connectivity index (χ4n) is 2.02. The van der Waals surface area contributed by atoms with Crippen LogP contribution in [0.4, 0.5) is 5.69 Å². The number of nitrogens with zero attached hydrogens (tertiary/aromatic N) is 2. The number of nitrogens with one attached hydrogen (secondary N) is 1. The summed E-state index contributed by atoms with van der Waals surface area (Å²) in [7, 11) is 0. The predicted octanol–water partition coefficient (Wildman–Crippen LogP) is 4.69. The molecule has 0 saturated carbocycles. The highest BCUT2D eigenvalue weighted by Gasteiger charge is 2.00. The van der Waals surface area contributed by atoms with Crippen LogP contribution in [0.25, 0.3) is 5.69 Å². The minimum atomic E-state index is 0.968. The number of benzene rings is 2. The number of aromatic nitrogens is 1. The van der Waals surface area contributed by atoms with Crippen LogP contribution in [0.1, 0.15) is 5.69 Å². The molecule has 3 aromatic rings. The van der Waals surface area contributed by atoms with Gasteiger partial charge in [0.05, 0.1) is 17.6 Å². The zero-order chi connectivity index (χ0) is 14.5. The Labute approximate surface area is 132 Å². The number of para-hydroxylation sites is 1. The van der Waals surface area contributed by atoms with Crippen molar-refractivity contribution in [3.63, 3.8) is 0 Å². The van der Waals surface area contributed by atoms with Crippen LogP contribution in [0.2, 0.25) is 0 Å². The second kappa shape index (κ2) is 6.41. The van der Waals surface area contributed by atoms with E-state index in [9.17, 15) is 0 Å². The van der Waals surface area contributed by atoms with Crippen LogP contribution in [0.3, 0.4) is 0 Å². The lowest BCUT2D eigenvalue weighted by Gasteiger charge is -2.06. The molecule has 0 bridgehead atoms. The molecule has 0 aliphatic heterocycles. The van der Waals surface area contributed by atoms with Gasteiger partial charge in [0.2, 0.25) is 0 Å². The van der Waals surface area contributed by atoms with Crippen molar-refractivity contribution >= 4 is 27.8 Å². The van der Waals surface area contributed by atoms with Crippen molar-refractivity contribution in [2.24, 2.45) is 5.10 Å². The van der Waals surface area contributed by atoms with Crippen LogP contribution in [-0.4, -0.2) is 10.8 Å². The van der Waals surface area contributed by atoms with E-state index in [0.717, 1.165) is 21.5 Å². The summed E-state index contributed by atoms with van der Waals surface area (Å²) in [5.74, 6) is 0. The third-order valence-electron chi connectivity index (χ3n) is 3.05. The Morgan fingerprint density at radius 2 is 1.67 bits per heavy atom. The number of halogens is 1. The number of anilines is 1. The molecular formula is C17H14BrN3. The van der Waals surface area contributed by atoms with E-state index in [0.29, 0.717) is 0 Å². The van der Waals surface area contributed by atoms with Crippen LogP contribution < -0.4 is 5.43 Å². The van der Waals surface area contributed by atoms with E-state index in [1.807, 2.05) is 67.0 Å². The third kappa shape index (κ3) is 3.41. The summed E-state index contributed by atoms with van der Waals surface area (Å²) in [6.07, 6.45) is 3.84. The lowest BCUT2D eigenvalue weighted by Crippen LogP contribution is -1.99. The van der Waals surface area contributed by atoms with E-state index in [-0.39, 0.29) is 0 Å². The van der Waals surface area contributed by atoms with Crippen molar-refractivity contribution in [3.05, 3.63) is 83.1 Å². The summed E-state index contributed by atoms with van der Waals surface area (Å²) >= 11 is 3.45. The summed E-state index contributed by atoms with van der Waals surface area (Å²) in [4.78, 5) is 0. The summed E-state index contributed by atoms with van der Waals surface area (Å²) in [6, 6.07) is 22.1. The molecule has 4 heteroatoms. The van der Waals surface area contributed by atoms with Gasteiger partial charge in [-0.05, 0) is 48.5 Å². The molecule has 0 saturated heterocycles. The maximum atomic E-state index is 4.28. The first-order valence-corrected chi connectivity index (χ1v) is 7.40. The molecule has 1 N–H and O–H groups in total. The number of rotatable bonds is 4. The molecular weight excluding hydrogens is 326 g/mol. The molecule has 3 rings (SSSR count). The molecule has 2 aromatic carbocycles. The summed E-state index contributed by atoms with van der Waals surface area (Å²) in [5.41, 5.74) is 6.10. The third-order valence-corrected chi connectivity index (χ3v) is 3.58.